The summed E-state index contributed by atoms with van der Waals surface area (Å²) in [5, 5.41) is 20.0. The van der Waals surface area contributed by atoms with Crippen molar-refractivity contribution in [2.24, 2.45) is 0 Å². The Balaban J connectivity index is 1.64. The Morgan fingerprint density at radius 3 is 2.03 bits per heavy atom. The first-order chi connectivity index (χ1) is 14.1. The molecule has 4 heteroatoms. The summed E-state index contributed by atoms with van der Waals surface area (Å²) in [5.74, 6) is 0.0796. The topological polar surface area (TPSA) is 58.9 Å². The van der Waals surface area contributed by atoms with Crippen molar-refractivity contribution < 1.29 is 19.7 Å². The van der Waals surface area contributed by atoms with Gasteiger partial charge in [-0.15, -0.1) is 0 Å². The second kappa shape index (κ2) is 10.8. The quantitative estimate of drug-likeness (QED) is 0.459. The standard InChI is InChI=1S/C25H28O4/c1-19(26)23-13-12-22(16-24(23)27)25(29-18-21-10-6-3-7-11-21)14-15-28-17-20-8-4-2-5-9-20/h2-13,16,19,25-27H,14-15,17-18H2,1H3. The molecule has 152 valence electrons. The van der Waals surface area contributed by atoms with Gasteiger partial charge in [-0.25, -0.2) is 0 Å². The van der Waals surface area contributed by atoms with Gasteiger partial charge in [-0.2, -0.15) is 0 Å². The average molecular weight is 392 g/mol. The minimum Gasteiger partial charge on any atom is -0.508 e. The highest BCUT2D eigenvalue weighted by atomic mass is 16.5. The van der Waals surface area contributed by atoms with Crippen LogP contribution in [0.1, 0.15) is 47.8 Å². The van der Waals surface area contributed by atoms with Crippen LogP contribution >= 0.6 is 0 Å². The highest BCUT2D eigenvalue weighted by Crippen LogP contribution is 2.31. The van der Waals surface area contributed by atoms with E-state index in [1.807, 2.05) is 66.7 Å². The lowest BCUT2D eigenvalue weighted by Crippen LogP contribution is -2.09. The zero-order valence-electron chi connectivity index (χ0n) is 16.7. The van der Waals surface area contributed by atoms with Crippen LogP contribution in [0.2, 0.25) is 0 Å². The number of aliphatic hydroxyl groups is 1. The Hall–Kier alpha value is -2.66. The number of benzene rings is 3. The molecule has 0 aliphatic heterocycles. The third kappa shape index (κ3) is 6.43. The number of hydrogen-bond acceptors (Lipinski definition) is 4. The van der Waals surface area contributed by atoms with Crippen LogP contribution < -0.4 is 0 Å². The Kier molecular flexibility index (Phi) is 7.82. The number of phenols is 1. The Morgan fingerprint density at radius 2 is 1.45 bits per heavy atom. The SMILES string of the molecule is CC(O)c1ccc(C(CCOCc2ccccc2)OCc2ccccc2)cc1O. The molecule has 0 aromatic heterocycles. The highest BCUT2D eigenvalue weighted by Gasteiger charge is 2.16. The molecule has 0 saturated carbocycles. The van der Waals surface area contributed by atoms with Crippen LogP contribution in [0.4, 0.5) is 0 Å². The Labute approximate surface area is 172 Å². The first kappa shape index (κ1) is 21.1. The molecular weight excluding hydrogens is 364 g/mol. The number of rotatable bonds is 10. The van der Waals surface area contributed by atoms with E-state index in [1.54, 1.807) is 19.1 Å². The molecule has 0 heterocycles. The molecule has 29 heavy (non-hydrogen) atoms. The molecule has 2 unspecified atom stereocenters. The van der Waals surface area contributed by atoms with Crippen molar-refractivity contribution >= 4 is 0 Å². The molecule has 3 rings (SSSR count). The van der Waals surface area contributed by atoms with Gasteiger partial charge in [0, 0.05) is 18.6 Å². The number of ether oxygens (including phenoxy) is 2. The minimum absolute atomic E-state index is 0.0796. The van der Waals surface area contributed by atoms with Crippen molar-refractivity contribution in [1.29, 1.82) is 0 Å². The van der Waals surface area contributed by atoms with E-state index >= 15 is 0 Å². The Morgan fingerprint density at radius 1 is 0.828 bits per heavy atom. The maximum Gasteiger partial charge on any atom is 0.121 e. The van der Waals surface area contributed by atoms with Gasteiger partial charge in [0.1, 0.15) is 5.75 Å². The van der Waals surface area contributed by atoms with E-state index in [4.69, 9.17) is 9.47 Å². The Bertz CT molecular complexity index is 863. The predicted octanol–water partition coefficient (Wildman–Crippen LogP) is 5.31. The number of hydrogen-bond donors (Lipinski definition) is 2. The van der Waals surface area contributed by atoms with Crippen LogP contribution in [-0.4, -0.2) is 16.8 Å². The van der Waals surface area contributed by atoms with Crippen LogP contribution in [-0.2, 0) is 22.7 Å². The van der Waals surface area contributed by atoms with E-state index < -0.39 is 6.10 Å². The molecule has 4 nitrogen and oxygen atoms in total. The first-order valence-corrected chi connectivity index (χ1v) is 9.91. The molecule has 0 aliphatic rings. The summed E-state index contributed by atoms with van der Waals surface area (Å²) in [5.41, 5.74) is 3.60. The molecule has 0 fully saturated rings. The van der Waals surface area contributed by atoms with Gasteiger partial charge in [-0.1, -0.05) is 72.8 Å². The molecule has 2 N–H and O–H groups in total. The van der Waals surface area contributed by atoms with Gasteiger partial charge in [0.25, 0.3) is 0 Å². The zero-order chi connectivity index (χ0) is 20.5. The third-order valence-electron chi connectivity index (χ3n) is 4.81. The molecular formula is C25H28O4. The molecule has 0 saturated heterocycles. The highest BCUT2D eigenvalue weighted by molar-refractivity contribution is 5.38. The van der Waals surface area contributed by atoms with Gasteiger partial charge in [-0.3, -0.25) is 0 Å². The number of aliphatic hydroxyl groups excluding tert-OH is 1. The molecule has 0 amide bonds. The van der Waals surface area contributed by atoms with Gasteiger partial charge in [0.05, 0.1) is 25.4 Å². The van der Waals surface area contributed by atoms with E-state index in [1.165, 1.54) is 0 Å². The van der Waals surface area contributed by atoms with Gasteiger partial charge in [0.2, 0.25) is 0 Å². The van der Waals surface area contributed by atoms with Gasteiger partial charge < -0.3 is 19.7 Å². The van der Waals surface area contributed by atoms with Crippen molar-refractivity contribution in [2.45, 2.75) is 38.8 Å². The zero-order valence-corrected chi connectivity index (χ0v) is 16.7. The van der Waals surface area contributed by atoms with Crippen molar-refractivity contribution in [3.8, 4) is 5.75 Å². The maximum absolute atomic E-state index is 10.3. The molecule has 2 atom stereocenters. The fourth-order valence-electron chi connectivity index (χ4n) is 3.19. The summed E-state index contributed by atoms with van der Waals surface area (Å²) in [6.07, 6.45) is -0.283. The molecule has 0 bridgehead atoms. The van der Waals surface area contributed by atoms with E-state index in [-0.39, 0.29) is 11.9 Å². The first-order valence-electron chi connectivity index (χ1n) is 9.91. The second-order valence-electron chi connectivity index (χ2n) is 7.11. The van der Waals surface area contributed by atoms with Crippen molar-refractivity contribution in [2.75, 3.05) is 6.61 Å². The summed E-state index contributed by atoms with van der Waals surface area (Å²) >= 11 is 0. The average Bonchev–Trinajstić information content (AvgIpc) is 2.74. The monoisotopic (exact) mass is 392 g/mol. The van der Waals surface area contributed by atoms with E-state index in [0.717, 1.165) is 16.7 Å². The molecule has 0 spiro atoms. The van der Waals surface area contributed by atoms with E-state index in [9.17, 15) is 10.2 Å². The summed E-state index contributed by atoms with van der Waals surface area (Å²) in [4.78, 5) is 0. The summed E-state index contributed by atoms with van der Waals surface area (Å²) in [6, 6.07) is 25.4. The fourth-order valence-corrected chi connectivity index (χ4v) is 3.19. The molecule has 3 aromatic carbocycles. The van der Waals surface area contributed by atoms with E-state index in [0.29, 0.717) is 31.8 Å². The molecule has 3 aromatic rings. The lowest BCUT2D eigenvalue weighted by atomic mass is 10.0. The smallest absolute Gasteiger partial charge is 0.121 e. The summed E-state index contributed by atoms with van der Waals surface area (Å²) < 4.78 is 12.0. The van der Waals surface area contributed by atoms with Crippen LogP contribution in [0.5, 0.6) is 5.75 Å². The van der Waals surface area contributed by atoms with Crippen LogP contribution in [0.25, 0.3) is 0 Å². The van der Waals surface area contributed by atoms with Crippen LogP contribution in [0.15, 0.2) is 78.9 Å². The van der Waals surface area contributed by atoms with Gasteiger partial charge in [-0.05, 0) is 29.7 Å². The number of aromatic hydroxyl groups is 1. The third-order valence-corrected chi connectivity index (χ3v) is 4.81. The molecule has 0 radical (unpaired) electrons. The summed E-state index contributed by atoms with van der Waals surface area (Å²) in [6.45, 7) is 3.20. The largest absolute Gasteiger partial charge is 0.508 e. The number of phenolic OH excluding ortho intramolecular Hbond substituents is 1. The molecule has 0 aliphatic carbocycles. The summed E-state index contributed by atoms with van der Waals surface area (Å²) in [7, 11) is 0. The lowest BCUT2D eigenvalue weighted by Gasteiger charge is -2.20. The van der Waals surface area contributed by atoms with Gasteiger partial charge in [0.15, 0.2) is 0 Å². The predicted molar refractivity (Wildman–Crippen MR) is 113 cm³/mol. The normalized spacial score (nSPS) is 13.2. The van der Waals surface area contributed by atoms with Crippen LogP contribution in [0, 0.1) is 0 Å². The lowest BCUT2D eigenvalue weighted by molar-refractivity contribution is 0.00722. The van der Waals surface area contributed by atoms with Crippen molar-refractivity contribution in [3.05, 3.63) is 101 Å². The minimum atomic E-state index is -0.720. The van der Waals surface area contributed by atoms with Crippen LogP contribution in [0.3, 0.4) is 0 Å². The second-order valence-corrected chi connectivity index (χ2v) is 7.11. The fraction of sp³-hybridized carbons (Fsp3) is 0.280. The van der Waals surface area contributed by atoms with Crippen molar-refractivity contribution in [1.82, 2.24) is 0 Å². The van der Waals surface area contributed by atoms with Crippen molar-refractivity contribution in [3.63, 3.8) is 0 Å². The maximum atomic E-state index is 10.3. The van der Waals surface area contributed by atoms with E-state index in [2.05, 4.69) is 0 Å². The van der Waals surface area contributed by atoms with Gasteiger partial charge >= 0.3 is 0 Å².